The van der Waals surface area contributed by atoms with Crippen LogP contribution in [0.15, 0.2) is 0 Å². The summed E-state index contributed by atoms with van der Waals surface area (Å²) in [6.07, 6.45) is 0.870. The number of nitrogens with zero attached hydrogens (tertiary/aromatic N) is 5. The molecule has 2 aromatic rings. The molecule has 2 aromatic heterocycles. The summed E-state index contributed by atoms with van der Waals surface area (Å²) < 4.78 is 3.98. The average molecular weight is 278 g/mol. The van der Waals surface area contributed by atoms with Gasteiger partial charge in [-0.3, -0.25) is 9.25 Å². The van der Waals surface area contributed by atoms with Crippen LogP contribution in [0, 0.1) is 5.41 Å². The van der Waals surface area contributed by atoms with Gasteiger partial charge in [-0.25, -0.2) is 4.98 Å². The lowest BCUT2D eigenvalue weighted by molar-refractivity contribution is 0.213. The molecular weight excluding hydrogens is 252 g/mol. The first-order chi connectivity index (χ1) is 9.25. The number of anilines is 1. The molecule has 112 valence electrons. The highest BCUT2D eigenvalue weighted by atomic mass is 15.3. The standard InChI is InChI=1S/C14H26N6/c1-7-10-11-12(19(6)17-10)20(13(15)16-11)9-14(2,3)8-18(4)5/h7-9H2,1-6H3,(H2,15,16). The monoisotopic (exact) mass is 278 g/mol. The summed E-state index contributed by atoms with van der Waals surface area (Å²) in [6, 6.07) is 0. The average Bonchev–Trinajstić information content (AvgIpc) is 2.76. The second-order valence-corrected chi connectivity index (χ2v) is 6.55. The number of rotatable bonds is 5. The molecule has 0 aliphatic rings. The Morgan fingerprint density at radius 2 is 1.95 bits per heavy atom. The highest BCUT2D eigenvalue weighted by molar-refractivity contribution is 5.77. The molecule has 0 amide bonds. The number of fused-ring (bicyclic) bond motifs is 1. The van der Waals surface area contributed by atoms with Crippen molar-refractivity contribution in [2.45, 2.75) is 33.7 Å². The van der Waals surface area contributed by atoms with E-state index < -0.39 is 0 Å². The molecule has 0 saturated carbocycles. The van der Waals surface area contributed by atoms with Crippen LogP contribution in [0.1, 0.15) is 26.5 Å². The Kier molecular flexibility index (Phi) is 3.77. The van der Waals surface area contributed by atoms with E-state index in [0.717, 1.165) is 36.4 Å². The minimum absolute atomic E-state index is 0.113. The van der Waals surface area contributed by atoms with Crippen molar-refractivity contribution < 1.29 is 0 Å². The first-order valence-corrected chi connectivity index (χ1v) is 7.07. The third-order valence-electron chi connectivity index (χ3n) is 3.49. The number of aryl methyl sites for hydroxylation is 2. The first kappa shape index (κ1) is 14.8. The summed E-state index contributed by atoms with van der Waals surface area (Å²) in [5.74, 6) is 0.578. The largest absolute Gasteiger partial charge is 0.369 e. The highest BCUT2D eigenvalue weighted by Gasteiger charge is 2.24. The van der Waals surface area contributed by atoms with Gasteiger partial charge in [-0.05, 0) is 25.9 Å². The Hall–Kier alpha value is -1.56. The molecule has 2 rings (SSSR count). The molecule has 2 heterocycles. The molecule has 20 heavy (non-hydrogen) atoms. The van der Waals surface area contributed by atoms with Crippen LogP contribution in [0.5, 0.6) is 0 Å². The van der Waals surface area contributed by atoms with Gasteiger partial charge in [-0.15, -0.1) is 0 Å². The fraction of sp³-hybridized carbons (Fsp3) is 0.714. The van der Waals surface area contributed by atoms with Crippen molar-refractivity contribution in [3.05, 3.63) is 5.69 Å². The molecule has 0 aromatic carbocycles. The van der Waals surface area contributed by atoms with Gasteiger partial charge in [0.25, 0.3) is 0 Å². The summed E-state index contributed by atoms with van der Waals surface area (Å²) in [5, 5.41) is 4.53. The second-order valence-electron chi connectivity index (χ2n) is 6.55. The van der Waals surface area contributed by atoms with Gasteiger partial charge in [0.2, 0.25) is 5.95 Å². The predicted molar refractivity (Wildman–Crippen MR) is 82.6 cm³/mol. The third kappa shape index (κ3) is 2.65. The number of hydrogen-bond acceptors (Lipinski definition) is 4. The normalized spacial score (nSPS) is 12.8. The summed E-state index contributed by atoms with van der Waals surface area (Å²) in [5.41, 5.74) is 9.21. The molecule has 0 fully saturated rings. The molecule has 0 unspecified atom stereocenters. The van der Waals surface area contributed by atoms with Gasteiger partial charge in [0.15, 0.2) is 5.65 Å². The van der Waals surface area contributed by atoms with E-state index in [0.29, 0.717) is 5.95 Å². The van der Waals surface area contributed by atoms with Crippen molar-refractivity contribution in [3.63, 3.8) is 0 Å². The molecule has 0 atom stereocenters. The van der Waals surface area contributed by atoms with E-state index in [2.05, 4.69) is 54.4 Å². The van der Waals surface area contributed by atoms with Crippen LogP contribution in [-0.2, 0) is 20.0 Å². The summed E-state index contributed by atoms with van der Waals surface area (Å²) in [7, 11) is 6.14. The van der Waals surface area contributed by atoms with Crippen LogP contribution in [0.3, 0.4) is 0 Å². The van der Waals surface area contributed by atoms with Crippen molar-refractivity contribution in [1.29, 1.82) is 0 Å². The molecule has 6 heteroatoms. The zero-order chi connectivity index (χ0) is 15.1. The topological polar surface area (TPSA) is 64.9 Å². The first-order valence-electron chi connectivity index (χ1n) is 7.07. The van der Waals surface area contributed by atoms with Gasteiger partial charge in [0, 0.05) is 20.1 Å². The van der Waals surface area contributed by atoms with Gasteiger partial charge in [0.1, 0.15) is 5.52 Å². The van der Waals surface area contributed by atoms with Crippen molar-refractivity contribution in [3.8, 4) is 0 Å². The van der Waals surface area contributed by atoms with Crippen LogP contribution >= 0.6 is 0 Å². The zero-order valence-electron chi connectivity index (χ0n) is 13.4. The molecule has 0 radical (unpaired) electrons. The summed E-state index contributed by atoms with van der Waals surface area (Å²) in [6.45, 7) is 8.40. The fourth-order valence-electron chi connectivity index (χ4n) is 2.99. The van der Waals surface area contributed by atoms with Gasteiger partial charge in [0.05, 0.1) is 5.69 Å². The molecule has 6 nitrogen and oxygen atoms in total. The van der Waals surface area contributed by atoms with Gasteiger partial charge in [-0.2, -0.15) is 5.10 Å². The van der Waals surface area contributed by atoms with Gasteiger partial charge >= 0.3 is 0 Å². The minimum atomic E-state index is 0.113. The maximum Gasteiger partial charge on any atom is 0.202 e. The van der Waals surface area contributed by atoms with E-state index in [1.54, 1.807) is 0 Å². The lowest BCUT2D eigenvalue weighted by Crippen LogP contribution is -2.32. The number of aromatic nitrogens is 4. The van der Waals surface area contributed by atoms with Crippen LogP contribution in [0.25, 0.3) is 11.2 Å². The number of imidazole rings is 1. The van der Waals surface area contributed by atoms with Crippen LogP contribution in [0.2, 0.25) is 0 Å². The van der Waals surface area contributed by atoms with E-state index in [-0.39, 0.29) is 5.41 Å². The lowest BCUT2D eigenvalue weighted by atomic mass is 9.93. The number of nitrogen functional groups attached to an aromatic ring is 1. The molecule has 0 aliphatic heterocycles. The molecule has 0 bridgehead atoms. The second kappa shape index (κ2) is 5.09. The Bertz CT molecular complexity index is 605. The SMILES string of the molecule is CCc1nn(C)c2c1nc(N)n2CC(C)(C)CN(C)C. The van der Waals surface area contributed by atoms with Crippen LogP contribution < -0.4 is 5.73 Å². The van der Waals surface area contributed by atoms with E-state index in [1.807, 2.05) is 11.7 Å². The predicted octanol–water partition coefficient (Wildman–Crippen LogP) is 1.50. The number of hydrogen-bond donors (Lipinski definition) is 1. The highest BCUT2D eigenvalue weighted by Crippen LogP contribution is 2.26. The fourth-order valence-corrected chi connectivity index (χ4v) is 2.99. The van der Waals surface area contributed by atoms with Crippen molar-refractivity contribution in [1.82, 2.24) is 24.2 Å². The molecular formula is C14H26N6. The maximum absolute atomic E-state index is 6.13. The molecule has 2 N–H and O–H groups in total. The van der Waals surface area contributed by atoms with Crippen molar-refractivity contribution >= 4 is 17.1 Å². The Morgan fingerprint density at radius 1 is 1.30 bits per heavy atom. The molecule has 0 spiro atoms. The van der Waals surface area contributed by atoms with E-state index in [9.17, 15) is 0 Å². The van der Waals surface area contributed by atoms with E-state index in [1.165, 1.54) is 0 Å². The van der Waals surface area contributed by atoms with Crippen LogP contribution in [0.4, 0.5) is 5.95 Å². The molecule has 0 aliphatic carbocycles. The Morgan fingerprint density at radius 3 is 2.50 bits per heavy atom. The lowest BCUT2D eigenvalue weighted by Gasteiger charge is -2.29. The zero-order valence-corrected chi connectivity index (χ0v) is 13.4. The number of nitrogens with two attached hydrogens (primary N) is 1. The third-order valence-corrected chi connectivity index (χ3v) is 3.49. The van der Waals surface area contributed by atoms with Gasteiger partial charge < -0.3 is 10.6 Å². The summed E-state index contributed by atoms with van der Waals surface area (Å²) in [4.78, 5) is 6.71. The van der Waals surface area contributed by atoms with Crippen LogP contribution in [-0.4, -0.2) is 44.9 Å². The molecule has 0 saturated heterocycles. The van der Waals surface area contributed by atoms with E-state index in [4.69, 9.17) is 5.73 Å². The quantitative estimate of drug-likeness (QED) is 0.900. The Labute approximate surface area is 120 Å². The van der Waals surface area contributed by atoms with E-state index >= 15 is 0 Å². The van der Waals surface area contributed by atoms with Gasteiger partial charge in [-0.1, -0.05) is 20.8 Å². The summed E-state index contributed by atoms with van der Waals surface area (Å²) >= 11 is 0. The minimum Gasteiger partial charge on any atom is -0.369 e. The maximum atomic E-state index is 6.13. The van der Waals surface area contributed by atoms with Crippen molar-refractivity contribution in [2.24, 2.45) is 12.5 Å². The smallest absolute Gasteiger partial charge is 0.202 e. The Balaban J connectivity index is 2.44. The van der Waals surface area contributed by atoms with Crippen molar-refractivity contribution in [2.75, 3.05) is 26.4 Å².